The lowest BCUT2D eigenvalue weighted by molar-refractivity contribution is 0.617. The molecule has 0 fully saturated rings. The first-order valence-corrected chi connectivity index (χ1v) is 7.39. The smallest absolute Gasteiger partial charge is 0.0841 e. The van der Waals surface area contributed by atoms with Crippen molar-refractivity contribution in [1.29, 1.82) is 0 Å². The van der Waals surface area contributed by atoms with Crippen LogP contribution in [0.3, 0.4) is 0 Å². The van der Waals surface area contributed by atoms with Crippen molar-refractivity contribution in [3.63, 3.8) is 0 Å². The number of hydrogen-bond acceptors (Lipinski definition) is 2. The Balaban J connectivity index is 1.96. The number of nitrogens with zero attached hydrogens (tertiary/aromatic N) is 2. The third kappa shape index (κ3) is 3.12. The van der Waals surface area contributed by atoms with Gasteiger partial charge in [-0.05, 0) is 25.5 Å². The third-order valence-electron chi connectivity index (χ3n) is 3.20. The third-order valence-corrected chi connectivity index (χ3v) is 4.31. The number of fused-ring (bicyclic) bond motifs is 1. The molecule has 2 rings (SSSR count). The molecule has 3 nitrogen and oxygen atoms in total. The summed E-state index contributed by atoms with van der Waals surface area (Å²) in [7, 11) is 2.00. The summed E-state index contributed by atoms with van der Waals surface area (Å²) in [5, 5.41) is 9.28. The first-order valence-electron chi connectivity index (χ1n) is 6.47. The maximum atomic E-state index is 4.57. The number of aryl methyl sites for hydroxylation is 1. The van der Waals surface area contributed by atoms with Crippen LogP contribution in [-0.4, -0.2) is 21.2 Å². The quantitative estimate of drug-likeness (QED) is 0.656. The molecule has 1 aromatic carbocycles. The number of aromatic nitrogens is 2. The van der Waals surface area contributed by atoms with E-state index < -0.39 is 0 Å². The van der Waals surface area contributed by atoms with E-state index in [-0.39, 0.29) is 0 Å². The fourth-order valence-corrected chi connectivity index (χ4v) is 2.32. The molecule has 2 aromatic rings. The van der Waals surface area contributed by atoms with E-state index in [1.807, 2.05) is 11.7 Å². The molecular formula is C14H20BrN3. The van der Waals surface area contributed by atoms with Crippen LogP contribution in [0.5, 0.6) is 0 Å². The van der Waals surface area contributed by atoms with E-state index in [4.69, 9.17) is 0 Å². The highest BCUT2D eigenvalue weighted by molar-refractivity contribution is 9.09. The highest BCUT2D eigenvalue weighted by atomic mass is 79.9. The van der Waals surface area contributed by atoms with Gasteiger partial charge >= 0.3 is 0 Å². The zero-order chi connectivity index (χ0) is 13.0. The minimum atomic E-state index is 0.616. The lowest BCUT2D eigenvalue weighted by Gasteiger charge is -2.07. The predicted molar refractivity (Wildman–Crippen MR) is 80.0 cm³/mol. The van der Waals surface area contributed by atoms with Crippen molar-refractivity contribution in [3.8, 4) is 0 Å². The number of benzene rings is 1. The number of halogens is 1. The van der Waals surface area contributed by atoms with Crippen LogP contribution >= 0.6 is 15.9 Å². The van der Waals surface area contributed by atoms with Crippen molar-refractivity contribution < 1.29 is 0 Å². The van der Waals surface area contributed by atoms with Gasteiger partial charge in [0.05, 0.1) is 11.2 Å². The first kappa shape index (κ1) is 13.6. The van der Waals surface area contributed by atoms with E-state index in [0.29, 0.717) is 4.83 Å². The van der Waals surface area contributed by atoms with Gasteiger partial charge in [0.25, 0.3) is 0 Å². The van der Waals surface area contributed by atoms with Gasteiger partial charge in [0.15, 0.2) is 0 Å². The molecule has 1 unspecified atom stereocenters. The highest BCUT2D eigenvalue weighted by Gasteiger charge is 2.07. The largest absolute Gasteiger partial charge is 0.311 e. The number of alkyl halides is 1. The van der Waals surface area contributed by atoms with Crippen LogP contribution in [0.25, 0.3) is 10.9 Å². The lowest BCUT2D eigenvalue weighted by Crippen LogP contribution is -2.18. The number of rotatable bonds is 6. The molecule has 0 radical (unpaired) electrons. The fraction of sp³-hybridized carbons (Fsp3) is 0.500. The van der Waals surface area contributed by atoms with Crippen molar-refractivity contribution >= 4 is 26.8 Å². The number of para-hydroxylation sites is 1. The van der Waals surface area contributed by atoms with Crippen molar-refractivity contribution in [3.05, 3.63) is 30.0 Å². The van der Waals surface area contributed by atoms with Gasteiger partial charge in [0.2, 0.25) is 0 Å². The van der Waals surface area contributed by atoms with Crippen LogP contribution in [0.2, 0.25) is 0 Å². The summed E-state index contributed by atoms with van der Waals surface area (Å²) in [4.78, 5) is 0.616. The molecule has 0 spiro atoms. The Kier molecular flexibility index (Phi) is 4.78. The molecule has 18 heavy (non-hydrogen) atoms. The Labute approximate surface area is 117 Å². The zero-order valence-electron chi connectivity index (χ0n) is 11.0. The Morgan fingerprint density at radius 2 is 2.17 bits per heavy atom. The van der Waals surface area contributed by atoms with Gasteiger partial charge < -0.3 is 5.32 Å². The monoisotopic (exact) mass is 309 g/mol. The SMILES string of the molecule is CCC(Br)CCNCc1nn(C)c2ccccc12. The normalized spacial score (nSPS) is 13.1. The number of nitrogens with one attached hydrogen (secondary N) is 1. The second kappa shape index (κ2) is 6.34. The average molecular weight is 310 g/mol. The summed E-state index contributed by atoms with van der Waals surface area (Å²) >= 11 is 3.65. The van der Waals surface area contributed by atoms with Crippen LogP contribution in [0.1, 0.15) is 25.5 Å². The zero-order valence-corrected chi connectivity index (χ0v) is 12.6. The van der Waals surface area contributed by atoms with E-state index in [0.717, 1.165) is 25.2 Å². The van der Waals surface area contributed by atoms with Crippen LogP contribution in [0.15, 0.2) is 24.3 Å². The van der Waals surface area contributed by atoms with E-state index in [9.17, 15) is 0 Å². The van der Waals surface area contributed by atoms with Crippen molar-refractivity contribution in [1.82, 2.24) is 15.1 Å². The summed E-state index contributed by atoms with van der Waals surface area (Å²) < 4.78 is 1.95. The molecule has 0 aliphatic rings. The molecule has 1 heterocycles. The van der Waals surface area contributed by atoms with Gasteiger partial charge in [-0.2, -0.15) is 5.10 Å². The maximum absolute atomic E-state index is 4.57. The van der Waals surface area contributed by atoms with Crippen LogP contribution in [-0.2, 0) is 13.6 Å². The Morgan fingerprint density at radius 1 is 1.39 bits per heavy atom. The predicted octanol–water partition coefficient (Wildman–Crippen LogP) is 3.23. The standard InChI is InChI=1S/C14H20BrN3/c1-3-11(15)8-9-16-10-13-12-6-4-5-7-14(12)18(2)17-13/h4-7,11,16H,3,8-10H2,1-2H3. The minimum absolute atomic E-state index is 0.616. The fourth-order valence-electron chi connectivity index (χ4n) is 2.09. The summed E-state index contributed by atoms with van der Waals surface area (Å²) in [5.74, 6) is 0. The lowest BCUT2D eigenvalue weighted by atomic mass is 10.2. The summed E-state index contributed by atoms with van der Waals surface area (Å²) in [5.41, 5.74) is 2.33. The Hall–Kier alpha value is -0.870. The first-order chi connectivity index (χ1) is 8.72. The van der Waals surface area contributed by atoms with Crippen LogP contribution < -0.4 is 5.32 Å². The van der Waals surface area contributed by atoms with E-state index in [1.54, 1.807) is 0 Å². The Bertz CT molecular complexity index is 507. The second-order valence-corrected chi connectivity index (χ2v) is 5.85. The second-order valence-electron chi connectivity index (χ2n) is 4.56. The van der Waals surface area contributed by atoms with Crippen LogP contribution in [0, 0.1) is 0 Å². The molecule has 98 valence electrons. The van der Waals surface area contributed by atoms with E-state index >= 15 is 0 Å². The highest BCUT2D eigenvalue weighted by Crippen LogP contribution is 2.17. The van der Waals surface area contributed by atoms with Gasteiger partial charge in [-0.15, -0.1) is 0 Å². The van der Waals surface area contributed by atoms with E-state index in [1.165, 1.54) is 17.3 Å². The molecule has 1 aromatic heterocycles. The summed E-state index contributed by atoms with van der Waals surface area (Å²) in [6.45, 7) is 4.06. The molecule has 0 amide bonds. The molecular weight excluding hydrogens is 290 g/mol. The van der Waals surface area contributed by atoms with Gasteiger partial charge in [-0.25, -0.2) is 0 Å². The van der Waals surface area contributed by atoms with Crippen molar-refractivity contribution in [2.75, 3.05) is 6.54 Å². The molecule has 0 aliphatic carbocycles. The molecule has 0 saturated carbocycles. The van der Waals surface area contributed by atoms with Gasteiger partial charge in [-0.3, -0.25) is 4.68 Å². The molecule has 1 N–H and O–H groups in total. The van der Waals surface area contributed by atoms with Gasteiger partial charge in [-0.1, -0.05) is 41.1 Å². The topological polar surface area (TPSA) is 29.9 Å². The van der Waals surface area contributed by atoms with Crippen molar-refractivity contribution in [2.24, 2.45) is 7.05 Å². The van der Waals surface area contributed by atoms with E-state index in [2.05, 4.69) is 57.5 Å². The van der Waals surface area contributed by atoms with Gasteiger partial charge in [0.1, 0.15) is 0 Å². The molecule has 4 heteroatoms. The minimum Gasteiger partial charge on any atom is -0.311 e. The molecule has 0 saturated heterocycles. The molecule has 0 aliphatic heterocycles. The van der Waals surface area contributed by atoms with Crippen LogP contribution in [0.4, 0.5) is 0 Å². The molecule has 0 bridgehead atoms. The average Bonchev–Trinajstić information content (AvgIpc) is 2.72. The maximum Gasteiger partial charge on any atom is 0.0841 e. The van der Waals surface area contributed by atoms with Gasteiger partial charge in [0, 0.05) is 23.8 Å². The number of hydrogen-bond donors (Lipinski definition) is 1. The summed E-state index contributed by atoms with van der Waals surface area (Å²) in [6, 6.07) is 8.37. The summed E-state index contributed by atoms with van der Waals surface area (Å²) in [6.07, 6.45) is 2.33. The molecule has 1 atom stereocenters. The van der Waals surface area contributed by atoms with Crippen molar-refractivity contribution in [2.45, 2.75) is 31.1 Å². The Morgan fingerprint density at radius 3 is 2.94 bits per heavy atom.